The van der Waals surface area contributed by atoms with E-state index in [1.54, 1.807) is 6.92 Å². The van der Waals surface area contributed by atoms with Gasteiger partial charge in [0.2, 0.25) is 0 Å². The summed E-state index contributed by atoms with van der Waals surface area (Å²) in [6, 6.07) is 2.09. The molecule has 2 N–H and O–H groups in total. The van der Waals surface area contributed by atoms with Gasteiger partial charge in [0.1, 0.15) is 11.6 Å². The molecule has 2 rings (SSSR count). The summed E-state index contributed by atoms with van der Waals surface area (Å²) in [7, 11) is 0. The molecular weight excluding hydrogens is 244 g/mol. The number of carboxylic acids is 1. The molecule has 1 aliphatic carbocycles. The van der Waals surface area contributed by atoms with Crippen molar-refractivity contribution in [3.05, 3.63) is 16.8 Å². The number of hydrogen-bond donors (Lipinski definition) is 2. The van der Waals surface area contributed by atoms with Crippen molar-refractivity contribution in [1.29, 1.82) is 5.26 Å². The number of carboxylic acid groups (broad SMARTS) is 1. The van der Waals surface area contributed by atoms with E-state index in [4.69, 9.17) is 5.26 Å². The molecule has 1 heterocycles. The van der Waals surface area contributed by atoms with Crippen LogP contribution in [0.1, 0.15) is 36.1 Å². The highest BCUT2D eigenvalue weighted by atomic mass is 16.4. The molecule has 0 amide bonds. The first-order chi connectivity index (χ1) is 9.00. The molecule has 0 unspecified atom stereocenters. The second kappa shape index (κ2) is 4.84. The van der Waals surface area contributed by atoms with E-state index in [1.807, 2.05) is 6.92 Å². The third-order valence-corrected chi connectivity index (χ3v) is 3.92. The van der Waals surface area contributed by atoms with E-state index < -0.39 is 11.4 Å². The van der Waals surface area contributed by atoms with E-state index in [-0.39, 0.29) is 6.54 Å². The molecule has 0 spiro atoms. The van der Waals surface area contributed by atoms with Crippen molar-refractivity contribution in [2.45, 2.75) is 33.1 Å². The third kappa shape index (κ3) is 2.24. The van der Waals surface area contributed by atoms with Gasteiger partial charge in [0.15, 0.2) is 5.82 Å². The number of carbonyl (C=O) groups is 1. The van der Waals surface area contributed by atoms with E-state index in [0.29, 0.717) is 29.9 Å². The molecular formula is C13H16N4O2. The number of hydrogen-bond acceptors (Lipinski definition) is 5. The van der Waals surface area contributed by atoms with Gasteiger partial charge in [0, 0.05) is 6.54 Å². The number of nitrogens with one attached hydrogen (secondary N) is 1. The summed E-state index contributed by atoms with van der Waals surface area (Å²) in [6.07, 6.45) is 2.25. The van der Waals surface area contributed by atoms with Crippen molar-refractivity contribution in [1.82, 2.24) is 10.2 Å². The van der Waals surface area contributed by atoms with Gasteiger partial charge in [-0.05, 0) is 32.3 Å². The number of nitriles is 1. The number of anilines is 1. The van der Waals surface area contributed by atoms with Crippen LogP contribution in [0.2, 0.25) is 0 Å². The standard InChI is InChI=1S/C13H16N4O2/c1-8-9(2)16-17-11(10(8)6-14)15-7-13(12(18)19)4-3-5-13/h3-5,7H2,1-2H3,(H,15,17)(H,18,19). The Morgan fingerprint density at radius 3 is 2.63 bits per heavy atom. The first kappa shape index (κ1) is 13.3. The average Bonchev–Trinajstić information content (AvgIpc) is 2.32. The Balaban J connectivity index is 2.19. The molecule has 1 aromatic rings. The van der Waals surface area contributed by atoms with Gasteiger partial charge >= 0.3 is 5.97 Å². The summed E-state index contributed by atoms with van der Waals surface area (Å²) < 4.78 is 0. The van der Waals surface area contributed by atoms with Gasteiger partial charge in [0.05, 0.1) is 11.1 Å². The molecule has 1 aromatic heterocycles. The minimum atomic E-state index is -0.790. The van der Waals surface area contributed by atoms with Gasteiger partial charge in [-0.2, -0.15) is 10.4 Å². The Morgan fingerprint density at radius 2 is 2.16 bits per heavy atom. The molecule has 100 valence electrons. The van der Waals surface area contributed by atoms with Crippen LogP contribution in [-0.2, 0) is 4.79 Å². The van der Waals surface area contributed by atoms with Crippen LogP contribution in [0.25, 0.3) is 0 Å². The molecule has 0 radical (unpaired) electrons. The first-order valence-corrected chi connectivity index (χ1v) is 6.21. The summed E-state index contributed by atoms with van der Waals surface area (Å²) in [6.45, 7) is 3.88. The summed E-state index contributed by atoms with van der Waals surface area (Å²) in [5.74, 6) is -0.417. The van der Waals surface area contributed by atoms with Crippen molar-refractivity contribution in [2.75, 3.05) is 11.9 Å². The van der Waals surface area contributed by atoms with Crippen LogP contribution in [0, 0.1) is 30.6 Å². The minimum absolute atomic E-state index is 0.286. The minimum Gasteiger partial charge on any atom is -0.481 e. The normalized spacial score (nSPS) is 16.3. The van der Waals surface area contributed by atoms with Gasteiger partial charge in [-0.1, -0.05) is 6.42 Å². The fourth-order valence-electron chi connectivity index (χ4n) is 2.19. The predicted molar refractivity (Wildman–Crippen MR) is 68.6 cm³/mol. The Morgan fingerprint density at radius 1 is 1.47 bits per heavy atom. The van der Waals surface area contributed by atoms with Gasteiger partial charge in [-0.3, -0.25) is 4.79 Å². The smallest absolute Gasteiger partial charge is 0.311 e. The topological polar surface area (TPSA) is 98.9 Å². The zero-order valence-corrected chi connectivity index (χ0v) is 11.0. The van der Waals surface area contributed by atoms with Crippen molar-refractivity contribution >= 4 is 11.8 Å². The summed E-state index contributed by atoms with van der Waals surface area (Å²) in [5.41, 5.74) is 1.21. The van der Waals surface area contributed by atoms with E-state index >= 15 is 0 Å². The zero-order chi connectivity index (χ0) is 14.0. The van der Waals surface area contributed by atoms with E-state index in [1.165, 1.54) is 0 Å². The molecule has 1 aliphatic rings. The molecule has 6 nitrogen and oxygen atoms in total. The maximum absolute atomic E-state index is 11.3. The van der Waals surface area contributed by atoms with Gasteiger partial charge in [-0.25, -0.2) is 0 Å². The molecule has 0 bridgehead atoms. The summed E-state index contributed by atoms with van der Waals surface area (Å²) >= 11 is 0. The molecule has 0 atom stereocenters. The van der Waals surface area contributed by atoms with Crippen molar-refractivity contribution in [3.8, 4) is 6.07 Å². The Bertz CT molecular complexity index is 558. The lowest BCUT2D eigenvalue weighted by molar-refractivity contribution is -0.153. The molecule has 6 heteroatoms. The average molecular weight is 260 g/mol. The molecule has 19 heavy (non-hydrogen) atoms. The largest absolute Gasteiger partial charge is 0.481 e. The molecule has 1 saturated carbocycles. The molecule has 1 fully saturated rings. The lowest BCUT2D eigenvalue weighted by Gasteiger charge is -2.37. The van der Waals surface area contributed by atoms with Crippen LogP contribution in [0.15, 0.2) is 0 Å². The second-order valence-corrected chi connectivity index (χ2v) is 5.04. The van der Waals surface area contributed by atoms with Crippen LogP contribution < -0.4 is 5.32 Å². The maximum Gasteiger partial charge on any atom is 0.311 e. The molecule has 0 aromatic carbocycles. The fourth-order valence-corrected chi connectivity index (χ4v) is 2.19. The monoisotopic (exact) mass is 260 g/mol. The van der Waals surface area contributed by atoms with Gasteiger partial charge in [0.25, 0.3) is 0 Å². The third-order valence-electron chi connectivity index (χ3n) is 3.92. The number of nitrogens with zero attached hydrogens (tertiary/aromatic N) is 3. The Hall–Kier alpha value is -2.16. The van der Waals surface area contributed by atoms with E-state index in [0.717, 1.165) is 12.0 Å². The summed E-state index contributed by atoms with van der Waals surface area (Å²) in [4.78, 5) is 11.3. The van der Waals surface area contributed by atoms with Crippen molar-refractivity contribution in [2.24, 2.45) is 5.41 Å². The highest BCUT2D eigenvalue weighted by Gasteiger charge is 2.44. The lowest BCUT2D eigenvalue weighted by Crippen LogP contribution is -2.43. The fraction of sp³-hybridized carbons (Fsp3) is 0.538. The van der Waals surface area contributed by atoms with Gasteiger partial charge in [-0.15, -0.1) is 5.10 Å². The maximum atomic E-state index is 11.3. The Kier molecular flexibility index (Phi) is 3.38. The Labute approximate surface area is 111 Å². The van der Waals surface area contributed by atoms with Gasteiger partial charge < -0.3 is 10.4 Å². The zero-order valence-electron chi connectivity index (χ0n) is 11.0. The van der Waals surface area contributed by atoms with Crippen molar-refractivity contribution < 1.29 is 9.90 Å². The summed E-state index contributed by atoms with van der Waals surface area (Å²) in [5, 5.41) is 29.3. The number of aliphatic carboxylic acids is 1. The number of rotatable bonds is 4. The quantitative estimate of drug-likeness (QED) is 0.853. The molecule has 0 aliphatic heterocycles. The molecule has 0 saturated heterocycles. The van der Waals surface area contributed by atoms with Crippen LogP contribution >= 0.6 is 0 Å². The lowest BCUT2D eigenvalue weighted by atomic mass is 9.69. The van der Waals surface area contributed by atoms with Crippen LogP contribution in [0.5, 0.6) is 0 Å². The number of aryl methyl sites for hydroxylation is 1. The van der Waals surface area contributed by atoms with Crippen molar-refractivity contribution in [3.63, 3.8) is 0 Å². The van der Waals surface area contributed by atoms with Crippen LogP contribution in [0.3, 0.4) is 0 Å². The van der Waals surface area contributed by atoms with E-state index in [2.05, 4.69) is 21.6 Å². The van der Waals surface area contributed by atoms with E-state index in [9.17, 15) is 9.90 Å². The van der Waals surface area contributed by atoms with Crippen LogP contribution in [0.4, 0.5) is 5.82 Å². The SMILES string of the molecule is Cc1nnc(NCC2(C(=O)O)CCC2)c(C#N)c1C. The highest BCUT2D eigenvalue weighted by Crippen LogP contribution is 2.41. The van der Waals surface area contributed by atoms with Crippen LogP contribution in [-0.4, -0.2) is 27.8 Å². The second-order valence-electron chi connectivity index (χ2n) is 5.04. The highest BCUT2D eigenvalue weighted by molar-refractivity contribution is 5.76. The number of aromatic nitrogens is 2. The first-order valence-electron chi connectivity index (χ1n) is 6.21. The predicted octanol–water partition coefficient (Wildman–Crippen LogP) is 1.63.